The zero-order valence-electron chi connectivity index (χ0n) is 22.8. The van der Waals surface area contributed by atoms with Gasteiger partial charge in [0.15, 0.2) is 0 Å². The summed E-state index contributed by atoms with van der Waals surface area (Å²) in [5.74, 6) is 6.08. The molecule has 2 nitrogen and oxygen atoms in total. The average Bonchev–Trinajstić information content (AvgIpc) is 3.15. The number of amides is 1. The Morgan fingerprint density at radius 1 is 1.06 bits per heavy atom. The van der Waals surface area contributed by atoms with Gasteiger partial charge in [-0.1, -0.05) is 65.5 Å². The largest absolute Gasteiger partial charge is 0.353 e. The third kappa shape index (κ3) is 5.14. The van der Waals surface area contributed by atoms with E-state index in [4.69, 9.17) is 11.6 Å². The van der Waals surface area contributed by atoms with Crippen LogP contribution in [0.15, 0.2) is 11.6 Å². The molecule has 0 spiro atoms. The minimum Gasteiger partial charge on any atom is -0.353 e. The van der Waals surface area contributed by atoms with Gasteiger partial charge in [0.2, 0.25) is 5.91 Å². The van der Waals surface area contributed by atoms with E-state index in [1.54, 1.807) is 5.57 Å². The molecule has 0 radical (unpaired) electrons. The molecular weight excluding hydrogens is 438 g/mol. The molecule has 34 heavy (non-hydrogen) atoms. The molecule has 1 amide bonds. The van der Waals surface area contributed by atoms with Gasteiger partial charge in [-0.25, -0.2) is 0 Å². The first-order valence-electron chi connectivity index (χ1n) is 14.7. The molecule has 0 bridgehead atoms. The number of fused-ring (bicyclic) bond motifs is 5. The van der Waals surface area contributed by atoms with Crippen LogP contribution in [0, 0.1) is 46.3 Å². The van der Waals surface area contributed by atoms with Crippen molar-refractivity contribution in [2.24, 2.45) is 46.3 Å². The molecule has 3 heteroatoms. The molecule has 0 aliphatic heterocycles. The second-order valence-electron chi connectivity index (χ2n) is 13.6. The first kappa shape index (κ1) is 26.6. The molecule has 0 aromatic carbocycles. The number of hydrogen-bond acceptors (Lipinski definition) is 1. The van der Waals surface area contributed by atoms with E-state index in [1.807, 2.05) is 0 Å². The van der Waals surface area contributed by atoms with Gasteiger partial charge in [0, 0.05) is 18.3 Å². The number of allylic oxidation sites excluding steroid dienone is 1. The second-order valence-corrected chi connectivity index (χ2v) is 14.0. The number of rotatable bonds is 9. The van der Waals surface area contributed by atoms with Crippen LogP contribution in [0.4, 0.5) is 0 Å². The maximum Gasteiger partial charge on any atom is 0.220 e. The van der Waals surface area contributed by atoms with Crippen molar-refractivity contribution < 1.29 is 4.79 Å². The molecule has 1 N–H and O–H groups in total. The van der Waals surface area contributed by atoms with Crippen LogP contribution in [0.1, 0.15) is 118 Å². The molecule has 3 fully saturated rings. The molecule has 4 aliphatic carbocycles. The summed E-state index contributed by atoms with van der Waals surface area (Å²) in [6.07, 6.45) is 18.8. The Bertz CT molecular complexity index is 746. The van der Waals surface area contributed by atoms with E-state index >= 15 is 0 Å². The van der Waals surface area contributed by atoms with E-state index in [-0.39, 0.29) is 5.91 Å². The van der Waals surface area contributed by atoms with Gasteiger partial charge in [0.05, 0.1) is 0 Å². The molecule has 0 heterocycles. The number of carbonyl (C=O) groups excluding carboxylic acids is 1. The van der Waals surface area contributed by atoms with Gasteiger partial charge < -0.3 is 5.32 Å². The van der Waals surface area contributed by atoms with Crippen LogP contribution >= 0.6 is 11.6 Å². The van der Waals surface area contributed by atoms with E-state index in [1.165, 1.54) is 57.8 Å². The Hall–Kier alpha value is -0.500. The number of halogens is 1. The monoisotopic (exact) mass is 489 g/mol. The zero-order valence-corrected chi connectivity index (χ0v) is 23.6. The van der Waals surface area contributed by atoms with Crippen LogP contribution in [0.5, 0.6) is 0 Å². The van der Waals surface area contributed by atoms with Crippen LogP contribution in [-0.2, 0) is 4.79 Å². The van der Waals surface area contributed by atoms with Gasteiger partial charge in [-0.05, 0) is 104 Å². The fourth-order valence-corrected chi connectivity index (χ4v) is 9.47. The lowest BCUT2D eigenvalue weighted by atomic mass is 9.47. The molecule has 194 valence electrons. The second kappa shape index (κ2) is 10.9. The van der Waals surface area contributed by atoms with E-state index in [0.717, 1.165) is 54.8 Å². The first-order chi connectivity index (χ1) is 16.2. The zero-order chi connectivity index (χ0) is 24.5. The van der Waals surface area contributed by atoms with Crippen LogP contribution in [0.2, 0.25) is 0 Å². The SMILES string of the molecule is CC(C)CCC[C@@H](C)[C@H]1CC[C@H]2[C@@H]3CC=C4C[C@@H](NC(=O)CCCCl)CC[C@]4(C)[C@H]3CC[C@]12C. The quantitative estimate of drug-likeness (QED) is 0.255. The van der Waals surface area contributed by atoms with Crippen LogP contribution in [0.25, 0.3) is 0 Å². The van der Waals surface area contributed by atoms with Gasteiger partial charge in [-0.15, -0.1) is 11.6 Å². The van der Waals surface area contributed by atoms with Crippen molar-refractivity contribution in [3.63, 3.8) is 0 Å². The molecule has 8 atom stereocenters. The fourth-order valence-electron chi connectivity index (χ4n) is 9.34. The summed E-state index contributed by atoms with van der Waals surface area (Å²) in [4.78, 5) is 12.3. The molecule has 0 aromatic rings. The maximum absolute atomic E-state index is 12.3. The number of carbonyl (C=O) groups is 1. The molecule has 0 unspecified atom stereocenters. The predicted octanol–water partition coefficient (Wildman–Crippen LogP) is 8.53. The Kier molecular flexibility index (Phi) is 8.48. The minimum absolute atomic E-state index is 0.191. The van der Waals surface area contributed by atoms with Gasteiger partial charge in [0.1, 0.15) is 0 Å². The smallest absolute Gasteiger partial charge is 0.220 e. The lowest BCUT2D eigenvalue weighted by Crippen LogP contribution is -2.52. The Morgan fingerprint density at radius 3 is 2.59 bits per heavy atom. The highest BCUT2D eigenvalue weighted by atomic mass is 35.5. The van der Waals surface area contributed by atoms with Crippen molar-refractivity contribution in [2.75, 3.05) is 5.88 Å². The highest BCUT2D eigenvalue weighted by molar-refractivity contribution is 6.17. The van der Waals surface area contributed by atoms with Gasteiger partial charge in [0.25, 0.3) is 0 Å². The Morgan fingerprint density at radius 2 is 1.85 bits per heavy atom. The summed E-state index contributed by atoms with van der Waals surface area (Å²) in [5, 5.41) is 3.32. The topological polar surface area (TPSA) is 29.1 Å². The number of hydrogen-bond donors (Lipinski definition) is 1. The van der Waals surface area contributed by atoms with Gasteiger partial charge in [-0.2, -0.15) is 0 Å². The normalized spacial score (nSPS) is 40.2. The lowest BCUT2D eigenvalue weighted by Gasteiger charge is -2.58. The third-order valence-electron chi connectivity index (χ3n) is 11.2. The van der Waals surface area contributed by atoms with Crippen molar-refractivity contribution in [3.8, 4) is 0 Å². The molecule has 3 saturated carbocycles. The van der Waals surface area contributed by atoms with E-state index in [9.17, 15) is 4.79 Å². The van der Waals surface area contributed by atoms with Crippen molar-refractivity contribution in [1.82, 2.24) is 5.32 Å². The summed E-state index contributed by atoms with van der Waals surface area (Å²) in [7, 11) is 0. The van der Waals surface area contributed by atoms with Gasteiger partial charge >= 0.3 is 0 Å². The molecule has 4 aliphatic rings. The highest BCUT2D eigenvalue weighted by Crippen LogP contribution is 2.67. The van der Waals surface area contributed by atoms with Crippen LogP contribution in [0.3, 0.4) is 0 Å². The average molecular weight is 490 g/mol. The van der Waals surface area contributed by atoms with Crippen molar-refractivity contribution in [2.45, 2.75) is 124 Å². The Labute approximate surface area is 215 Å². The molecular formula is C31H52ClNO. The predicted molar refractivity (Wildman–Crippen MR) is 145 cm³/mol. The third-order valence-corrected chi connectivity index (χ3v) is 11.5. The van der Waals surface area contributed by atoms with Crippen molar-refractivity contribution in [1.29, 1.82) is 0 Å². The summed E-state index contributed by atoms with van der Waals surface area (Å²) in [6, 6.07) is 0.329. The van der Waals surface area contributed by atoms with Crippen molar-refractivity contribution in [3.05, 3.63) is 11.6 Å². The maximum atomic E-state index is 12.3. The molecule has 0 aromatic heterocycles. The summed E-state index contributed by atoms with van der Waals surface area (Å²) in [5.41, 5.74) is 2.60. The standard InChI is InChI=1S/C31H52ClNO/c1-21(2)8-6-9-22(3)26-13-14-27-25-12-11-23-20-24(33-29(34)10-7-19-32)15-17-30(23,4)28(25)16-18-31(26,27)5/h11,21-22,24-28H,6-10,12-20H2,1-5H3,(H,33,34)/t22-,24+,25+,26-,27+,28+,30+,31-/m1/s1. The minimum atomic E-state index is 0.191. The van der Waals surface area contributed by atoms with E-state index < -0.39 is 0 Å². The summed E-state index contributed by atoms with van der Waals surface area (Å²) < 4.78 is 0. The highest BCUT2D eigenvalue weighted by Gasteiger charge is 2.59. The summed E-state index contributed by atoms with van der Waals surface area (Å²) >= 11 is 5.78. The van der Waals surface area contributed by atoms with Crippen LogP contribution in [-0.4, -0.2) is 17.8 Å². The van der Waals surface area contributed by atoms with E-state index in [0.29, 0.717) is 29.2 Å². The van der Waals surface area contributed by atoms with Crippen LogP contribution < -0.4 is 5.32 Å². The lowest BCUT2D eigenvalue weighted by molar-refractivity contribution is -0.122. The van der Waals surface area contributed by atoms with Crippen molar-refractivity contribution >= 4 is 17.5 Å². The van der Waals surface area contributed by atoms with Gasteiger partial charge in [-0.3, -0.25) is 4.79 Å². The molecule has 0 saturated heterocycles. The Balaban J connectivity index is 1.41. The van der Waals surface area contributed by atoms with E-state index in [2.05, 4.69) is 46.0 Å². The first-order valence-corrected chi connectivity index (χ1v) is 15.3. The number of nitrogens with one attached hydrogen (secondary N) is 1. The fraction of sp³-hybridized carbons (Fsp3) is 0.903. The molecule has 4 rings (SSSR count). The number of alkyl halides is 1. The summed E-state index contributed by atoms with van der Waals surface area (Å²) in [6.45, 7) is 12.6.